The van der Waals surface area contributed by atoms with Crippen molar-refractivity contribution in [1.82, 2.24) is 29.9 Å². The fraction of sp³-hybridized carbons (Fsp3) is 0.350. The minimum atomic E-state index is -5.08. The quantitative estimate of drug-likeness (QED) is 0.476. The molecule has 0 aliphatic carbocycles. The zero-order chi connectivity index (χ0) is 25.6. The average Bonchev–Trinajstić information content (AvgIpc) is 3.24. The molecule has 0 fully saturated rings. The van der Waals surface area contributed by atoms with Crippen LogP contribution in [0, 0.1) is 19.7 Å². The number of amides is 2. The third-order valence-electron chi connectivity index (χ3n) is 4.58. The molecule has 2 heterocycles. The Bertz CT molecular complexity index is 1150. The molecular formula is C20H23F4N7O3. The molecule has 3 aromatic rings. The van der Waals surface area contributed by atoms with Crippen LogP contribution in [0.2, 0.25) is 0 Å². The summed E-state index contributed by atoms with van der Waals surface area (Å²) in [6.07, 6.45) is -4.35. The second-order valence-electron chi connectivity index (χ2n) is 6.98. The summed E-state index contributed by atoms with van der Waals surface area (Å²) in [5, 5.41) is 21.2. The lowest BCUT2D eigenvalue weighted by atomic mass is 10.2. The van der Waals surface area contributed by atoms with E-state index in [2.05, 4.69) is 25.8 Å². The highest BCUT2D eigenvalue weighted by molar-refractivity contribution is 5.87. The molecule has 0 spiro atoms. The molecule has 0 saturated heterocycles. The minimum absolute atomic E-state index is 0.266. The lowest BCUT2D eigenvalue weighted by molar-refractivity contribution is -0.192. The molecule has 3 N–H and O–H groups in total. The van der Waals surface area contributed by atoms with Gasteiger partial charge in [-0.1, -0.05) is 6.92 Å². The zero-order valence-electron chi connectivity index (χ0n) is 18.7. The van der Waals surface area contributed by atoms with Crippen molar-refractivity contribution in [2.75, 3.05) is 5.32 Å². The molecule has 0 aliphatic rings. The number of hydrogen-bond donors (Lipinski definition) is 3. The first-order valence-electron chi connectivity index (χ1n) is 9.89. The number of aryl methyl sites for hydroxylation is 3. The number of benzene rings is 1. The lowest BCUT2D eigenvalue weighted by Crippen LogP contribution is -2.29. The van der Waals surface area contributed by atoms with E-state index < -0.39 is 18.2 Å². The van der Waals surface area contributed by atoms with Crippen molar-refractivity contribution < 1.29 is 32.3 Å². The Balaban J connectivity index is 0.000000509. The van der Waals surface area contributed by atoms with Crippen molar-refractivity contribution in [2.24, 2.45) is 7.05 Å². The number of rotatable bonds is 5. The Morgan fingerprint density at radius 1 is 1.12 bits per heavy atom. The van der Waals surface area contributed by atoms with Gasteiger partial charge in [0.15, 0.2) is 0 Å². The number of carboxylic acids is 1. The Labute approximate surface area is 191 Å². The van der Waals surface area contributed by atoms with E-state index in [0.717, 1.165) is 34.9 Å². The number of aromatic nitrogens is 5. The van der Waals surface area contributed by atoms with Crippen molar-refractivity contribution >= 4 is 17.9 Å². The number of carbonyl (C=O) groups is 2. The maximum absolute atomic E-state index is 13.1. The van der Waals surface area contributed by atoms with Crippen LogP contribution < -0.4 is 10.6 Å². The number of hydrogen-bond acceptors (Lipinski definition) is 5. The molecule has 2 aromatic heterocycles. The molecule has 0 radical (unpaired) electrons. The first-order chi connectivity index (χ1) is 15.8. The third-order valence-corrected chi connectivity index (χ3v) is 4.58. The molecule has 2 amide bonds. The number of carboxylic acid groups (broad SMARTS) is 1. The molecule has 184 valence electrons. The third kappa shape index (κ3) is 6.76. The minimum Gasteiger partial charge on any atom is -0.475 e. The molecule has 0 unspecified atom stereocenters. The average molecular weight is 485 g/mol. The normalized spacial score (nSPS) is 10.9. The molecule has 0 bridgehead atoms. The molecule has 10 nitrogen and oxygen atoms in total. The van der Waals surface area contributed by atoms with Crippen LogP contribution in [0.5, 0.6) is 0 Å². The van der Waals surface area contributed by atoms with Crippen LogP contribution in [0.3, 0.4) is 0 Å². The molecular weight excluding hydrogens is 462 g/mol. The van der Waals surface area contributed by atoms with Gasteiger partial charge in [-0.15, -0.1) is 5.10 Å². The largest absolute Gasteiger partial charge is 0.490 e. The van der Waals surface area contributed by atoms with Crippen molar-refractivity contribution in [2.45, 2.75) is 39.9 Å². The predicted molar refractivity (Wildman–Crippen MR) is 113 cm³/mol. The standard InChI is InChI=1S/C18H22FN7O.C2HF3O2/c1-5-16-21-17(24-25(16)4)22-18(27)20-10-15-11(2)23-26(12(15)3)14-8-6-13(19)7-9-14;3-2(4,5)1(6)7/h6-9H,5,10H2,1-4H3,(H2,20,22,24,27);(H,6,7). The van der Waals surface area contributed by atoms with E-state index in [9.17, 15) is 22.4 Å². The summed E-state index contributed by atoms with van der Waals surface area (Å²) in [5.74, 6) is -2.00. The molecule has 0 atom stereocenters. The number of carbonyl (C=O) groups excluding carboxylic acids is 1. The van der Waals surface area contributed by atoms with Crippen LogP contribution in [0.15, 0.2) is 24.3 Å². The van der Waals surface area contributed by atoms with Gasteiger partial charge in [0.25, 0.3) is 0 Å². The maximum atomic E-state index is 13.1. The smallest absolute Gasteiger partial charge is 0.475 e. The summed E-state index contributed by atoms with van der Waals surface area (Å²) >= 11 is 0. The predicted octanol–water partition coefficient (Wildman–Crippen LogP) is 3.27. The zero-order valence-corrected chi connectivity index (χ0v) is 18.7. The molecule has 1 aromatic carbocycles. The fourth-order valence-corrected chi connectivity index (χ4v) is 2.86. The molecule has 34 heavy (non-hydrogen) atoms. The van der Waals surface area contributed by atoms with Gasteiger partial charge in [-0.25, -0.2) is 18.7 Å². The Hall–Kier alpha value is -3.97. The van der Waals surface area contributed by atoms with Gasteiger partial charge in [-0.3, -0.25) is 10.00 Å². The number of nitrogens with one attached hydrogen (secondary N) is 2. The van der Waals surface area contributed by atoms with Crippen LogP contribution in [-0.4, -0.2) is 47.8 Å². The first kappa shape index (κ1) is 26.3. The van der Waals surface area contributed by atoms with E-state index >= 15 is 0 Å². The van der Waals surface area contributed by atoms with E-state index in [4.69, 9.17) is 9.90 Å². The number of alkyl halides is 3. The maximum Gasteiger partial charge on any atom is 0.490 e. The Morgan fingerprint density at radius 2 is 1.71 bits per heavy atom. The van der Waals surface area contributed by atoms with E-state index in [1.54, 1.807) is 28.5 Å². The highest BCUT2D eigenvalue weighted by Crippen LogP contribution is 2.18. The molecule has 3 rings (SSSR count). The molecule has 14 heteroatoms. The highest BCUT2D eigenvalue weighted by Gasteiger charge is 2.38. The summed E-state index contributed by atoms with van der Waals surface area (Å²) in [5.41, 5.74) is 3.33. The number of halogens is 4. The van der Waals surface area contributed by atoms with Gasteiger partial charge in [0, 0.05) is 31.3 Å². The summed E-state index contributed by atoms with van der Waals surface area (Å²) in [7, 11) is 1.78. The molecule has 0 aliphatic heterocycles. The van der Waals surface area contributed by atoms with Gasteiger partial charge in [0.1, 0.15) is 11.6 Å². The molecule has 0 saturated carbocycles. The number of aliphatic carboxylic acids is 1. The number of anilines is 1. The monoisotopic (exact) mass is 485 g/mol. The van der Waals surface area contributed by atoms with Gasteiger partial charge >= 0.3 is 18.2 Å². The van der Waals surface area contributed by atoms with E-state index in [0.29, 0.717) is 6.54 Å². The van der Waals surface area contributed by atoms with Crippen LogP contribution in [0.25, 0.3) is 5.69 Å². The van der Waals surface area contributed by atoms with Crippen molar-refractivity contribution in [1.29, 1.82) is 0 Å². The fourth-order valence-electron chi connectivity index (χ4n) is 2.86. The van der Waals surface area contributed by atoms with Gasteiger partial charge in [-0.05, 0) is 38.1 Å². The van der Waals surface area contributed by atoms with Crippen molar-refractivity contribution in [3.8, 4) is 5.69 Å². The van der Waals surface area contributed by atoms with Crippen molar-refractivity contribution in [3.63, 3.8) is 0 Å². The van der Waals surface area contributed by atoms with E-state index in [1.807, 2.05) is 20.8 Å². The van der Waals surface area contributed by atoms with E-state index in [1.165, 1.54) is 12.1 Å². The van der Waals surface area contributed by atoms with Gasteiger partial charge in [0.05, 0.1) is 11.4 Å². The highest BCUT2D eigenvalue weighted by atomic mass is 19.4. The van der Waals surface area contributed by atoms with Crippen molar-refractivity contribution in [3.05, 3.63) is 52.9 Å². The van der Waals surface area contributed by atoms with Crippen LogP contribution in [-0.2, 0) is 24.8 Å². The van der Waals surface area contributed by atoms with Gasteiger partial charge in [-0.2, -0.15) is 23.3 Å². The lowest BCUT2D eigenvalue weighted by Gasteiger charge is -2.07. The summed E-state index contributed by atoms with van der Waals surface area (Å²) in [6.45, 7) is 6.05. The summed E-state index contributed by atoms with van der Waals surface area (Å²) in [6, 6.07) is 5.72. The Morgan fingerprint density at radius 3 is 2.21 bits per heavy atom. The number of urea groups is 1. The Kier molecular flexibility index (Phi) is 8.32. The van der Waals surface area contributed by atoms with Crippen LogP contribution in [0.1, 0.15) is 29.7 Å². The summed E-state index contributed by atoms with van der Waals surface area (Å²) < 4.78 is 48.2. The van der Waals surface area contributed by atoms with Crippen LogP contribution >= 0.6 is 0 Å². The SMILES string of the molecule is CCc1nc(NC(=O)NCc2c(C)nn(-c3ccc(F)cc3)c2C)nn1C.O=C(O)C(F)(F)F. The topological polar surface area (TPSA) is 127 Å². The van der Waals surface area contributed by atoms with Gasteiger partial charge < -0.3 is 10.4 Å². The van der Waals surface area contributed by atoms with Gasteiger partial charge in [0.2, 0.25) is 5.95 Å². The summed E-state index contributed by atoms with van der Waals surface area (Å²) in [4.78, 5) is 25.3. The number of nitrogens with zero attached hydrogens (tertiary/aromatic N) is 5. The van der Waals surface area contributed by atoms with Crippen LogP contribution in [0.4, 0.5) is 28.3 Å². The first-order valence-corrected chi connectivity index (χ1v) is 9.89. The van der Waals surface area contributed by atoms with E-state index in [-0.39, 0.29) is 11.8 Å². The second-order valence-corrected chi connectivity index (χ2v) is 6.98. The second kappa shape index (κ2) is 10.8.